The van der Waals surface area contributed by atoms with Gasteiger partial charge in [-0.05, 0) is 30.3 Å². The first-order valence-electron chi connectivity index (χ1n) is 7.68. The summed E-state index contributed by atoms with van der Waals surface area (Å²) in [6.45, 7) is -0.376. The maximum absolute atomic E-state index is 13.5. The predicted molar refractivity (Wildman–Crippen MR) is 94.3 cm³/mol. The Morgan fingerprint density at radius 1 is 1.19 bits per heavy atom. The van der Waals surface area contributed by atoms with E-state index in [0.29, 0.717) is 16.0 Å². The number of hydrogen-bond acceptors (Lipinski definition) is 5. The number of halogens is 1. The monoisotopic (exact) mass is 374 g/mol. The molecule has 6 nitrogen and oxygen atoms in total. The van der Waals surface area contributed by atoms with Crippen molar-refractivity contribution in [2.24, 2.45) is 4.99 Å². The molecule has 8 heteroatoms. The zero-order valence-corrected chi connectivity index (χ0v) is 14.7. The molecule has 2 aromatic carbocycles. The Labute approximate surface area is 152 Å². The van der Waals surface area contributed by atoms with Crippen molar-refractivity contribution in [3.8, 4) is 5.75 Å². The largest absolute Gasteiger partial charge is 0.484 e. The van der Waals surface area contributed by atoms with Gasteiger partial charge in [0.2, 0.25) is 0 Å². The van der Waals surface area contributed by atoms with Gasteiger partial charge in [0, 0.05) is 0 Å². The summed E-state index contributed by atoms with van der Waals surface area (Å²) in [6, 6.07) is 13.0. The van der Waals surface area contributed by atoms with E-state index in [9.17, 15) is 14.0 Å². The van der Waals surface area contributed by atoms with Crippen LogP contribution in [0.2, 0.25) is 0 Å². The van der Waals surface area contributed by atoms with Crippen molar-refractivity contribution < 1.29 is 23.5 Å². The van der Waals surface area contributed by atoms with Crippen molar-refractivity contribution in [3.63, 3.8) is 0 Å². The molecular formula is C18H15FN2O4S. The molecule has 0 aliphatic rings. The van der Waals surface area contributed by atoms with E-state index in [4.69, 9.17) is 4.74 Å². The fourth-order valence-corrected chi connectivity index (χ4v) is 3.35. The fraction of sp³-hybridized carbons (Fsp3) is 0.167. The highest BCUT2D eigenvalue weighted by molar-refractivity contribution is 7.16. The molecule has 0 aliphatic carbocycles. The van der Waals surface area contributed by atoms with Gasteiger partial charge < -0.3 is 14.0 Å². The van der Waals surface area contributed by atoms with Crippen molar-refractivity contribution in [1.82, 2.24) is 4.57 Å². The van der Waals surface area contributed by atoms with E-state index in [1.54, 1.807) is 24.3 Å². The van der Waals surface area contributed by atoms with Crippen LogP contribution in [0.5, 0.6) is 5.75 Å². The predicted octanol–water partition coefficient (Wildman–Crippen LogP) is 2.52. The number of ether oxygens (including phenoxy) is 2. The SMILES string of the molecule is COC(=O)Cn1c(=NC(=O)COc2ccccc2)sc2cc(F)ccc21. The molecule has 1 heterocycles. The Hall–Kier alpha value is -3.00. The lowest BCUT2D eigenvalue weighted by Crippen LogP contribution is -2.23. The summed E-state index contributed by atoms with van der Waals surface area (Å²) in [5, 5.41) is 0. The molecule has 3 aromatic rings. The molecule has 0 N–H and O–H groups in total. The van der Waals surface area contributed by atoms with Crippen LogP contribution in [0.3, 0.4) is 0 Å². The molecule has 3 rings (SSSR count). The van der Waals surface area contributed by atoms with E-state index in [0.717, 1.165) is 11.3 Å². The summed E-state index contributed by atoms with van der Waals surface area (Å²) in [5.41, 5.74) is 0.595. The number of thiazole rings is 1. The number of fused-ring (bicyclic) bond motifs is 1. The number of carbonyl (C=O) groups is 2. The minimum Gasteiger partial charge on any atom is -0.484 e. The van der Waals surface area contributed by atoms with Gasteiger partial charge in [-0.2, -0.15) is 4.99 Å². The molecule has 1 amide bonds. The van der Waals surface area contributed by atoms with Gasteiger partial charge in [0.1, 0.15) is 18.1 Å². The number of hydrogen-bond donors (Lipinski definition) is 0. The first-order chi connectivity index (χ1) is 12.6. The van der Waals surface area contributed by atoms with Crippen LogP contribution in [0.25, 0.3) is 10.2 Å². The summed E-state index contributed by atoms with van der Waals surface area (Å²) >= 11 is 1.11. The van der Waals surface area contributed by atoms with Crippen LogP contribution in [-0.4, -0.2) is 30.2 Å². The molecule has 0 atom stereocenters. The molecule has 0 aliphatic heterocycles. The molecule has 0 fully saturated rings. The maximum atomic E-state index is 13.5. The van der Waals surface area contributed by atoms with Crippen LogP contribution in [0.4, 0.5) is 4.39 Å². The van der Waals surface area contributed by atoms with E-state index < -0.39 is 17.7 Å². The summed E-state index contributed by atoms with van der Waals surface area (Å²) in [7, 11) is 1.27. The van der Waals surface area contributed by atoms with E-state index >= 15 is 0 Å². The number of amides is 1. The molecule has 0 saturated heterocycles. The topological polar surface area (TPSA) is 69.9 Å². The second-order valence-electron chi connectivity index (χ2n) is 5.27. The van der Waals surface area contributed by atoms with Gasteiger partial charge >= 0.3 is 5.97 Å². The van der Waals surface area contributed by atoms with Gasteiger partial charge in [0.25, 0.3) is 5.91 Å². The molecule has 1 aromatic heterocycles. The number of aromatic nitrogens is 1. The summed E-state index contributed by atoms with van der Waals surface area (Å²) in [4.78, 5) is 28.1. The third-order valence-corrected chi connectivity index (χ3v) is 4.53. The van der Waals surface area contributed by atoms with Crippen LogP contribution < -0.4 is 9.54 Å². The zero-order chi connectivity index (χ0) is 18.5. The lowest BCUT2D eigenvalue weighted by Gasteiger charge is -2.04. The molecule has 0 saturated carbocycles. The lowest BCUT2D eigenvalue weighted by atomic mass is 10.3. The van der Waals surface area contributed by atoms with E-state index in [-0.39, 0.29) is 18.0 Å². The maximum Gasteiger partial charge on any atom is 0.325 e. The third-order valence-electron chi connectivity index (χ3n) is 3.49. The lowest BCUT2D eigenvalue weighted by molar-refractivity contribution is -0.141. The quantitative estimate of drug-likeness (QED) is 0.644. The van der Waals surface area contributed by atoms with Gasteiger partial charge in [-0.25, -0.2) is 4.39 Å². The zero-order valence-electron chi connectivity index (χ0n) is 13.8. The van der Waals surface area contributed by atoms with Crippen LogP contribution in [0, 0.1) is 5.82 Å². The number of rotatable bonds is 5. The first-order valence-corrected chi connectivity index (χ1v) is 8.49. The average molecular weight is 374 g/mol. The molecule has 0 unspecified atom stereocenters. The van der Waals surface area contributed by atoms with E-state index in [2.05, 4.69) is 9.73 Å². The van der Waals surface area contributed by atoms with Gasteiger partial charge in [-0.3, -0.25) is 9.59 Å². The Morgan fingerprint density at radius 3 is 2.69 bits per heavy atom. The van der Waals surface area contributed by atoms with Crippen LogP contribution >= 0.6 is 11.3 Å². The minimum atomic E-state index is -0.514. The van der Waals surface area contributed by atoms with E-state index in [1.165, 1.54) is 29.9 Å². The number of methoxy groups -OCH3 is 1. The second-order valence-corrected chi connectivity index (χ2v) is 6.28. The van der Waals surface area contributed by atoms with Crippen molar-refractivity contribution in [3.05, 3.63) is 59.1 Å². The Morgan fingerprint density at radius 2 is 1.96 bits per heavy atom. The van der Waals surface area contributed by atoms with Crippen molar-refractivity contribution in [2.75, 3.05) is 13.7 Å². The first kappa shape index (κ1) is 17.8. The highest BCUT2D eigenvalue weighted by Gasteiger charge is 2.12. The van der Waals surface area contributed by atoms with Crippen molar-refractivity contribution in [1.29, 1.82) is 0 Å². The number of benzene rings is 2. The molecule has 134 valence electrons. The van der Waals surface area contributed by atoms with Crippen LogP contribution in [-0.2, 0) is 20.9 Å². The van der Waals surface area contributed by atoms with Crippen molar-refractivity contribution >= 4 is 33.4 Å². The molecule has 0 radical (unpaired) electrons. The number of para-hydroxylation sites is 1. The molecular weight excluding hydrogens is 359 g/mol. The third kappa shape index (κ3) is 4.15. The fourth-order valence-electron chi connectivity index (χ4n) is 2.28. The number of carbonyl (C=O) groups excluding carboxylic acids is 2. The number of esters is 1. The highest BCUT2D eigenvalue weighted by atomic mass is 32.1. The minimum absolute atomic E-state index is 0.131. The molecule has 26 heavy (non-hydrogen) atoms. The summed E-state index contributed by atoms with van der Waals surface area (Å²) in [6.07, 6.45) is 0. The Bertz CT molecular complexity index is 1010. The highest BCUT2D eigenvalue weighted by Crippen LogP contribution is 2.18. The van der Waals surface area contributed by atoms with Gasteiger partial charge in [-0.15, -0.1) is 0 Å². The summed E-state index contributed by atoms with van der Waals surface area (Å²) in [5.74, 6) is -0.867. The van der Waals surface area contributed by atoms with Gasteiger partial charge in [0.15, 0.2) is 11.4 Å². The van der Waals surface area contributed by atoms with Crippen LogP contribution in [0.15, 0.2) is 53.5 Å². The normalized spacial score (nSPS) is 11.5. The van der Waals surface area contributed by atoms with E-state index in [1.807, 2.05) is 6.07 Å². The molecule has 0 spiro atoms. The van der Waals surface area contributed by atoms with Crippen LogP contribution in [0.1, 0.15) is 0 Å². The Kier molecular flexibility index (Phi) is 5.43. The van der Waals surface area contributed by atoms with Crippen molar-refractivity contribution in [2.45, 2.75) is 6.54 Å². The summed E-state index contributed by atoms with van der Waals surface area (Å²) < 4.78 is 25.6. The standard InChI is InChI=1S/C18H15FN2O4S/c1-24-17(23)10-21-14-8-7-12(19)9-15(14)26-18(21)20-16(22)11-25-13-5-3-2-4-6-13/h2-9H,10-11H2,1H3. The second kappa shape index (κ2) is 7.92. The Balaban J connectivity index is 1.91. The van der Waals surface area contributed by atoms with Gasteiger partial charge in [0.05, 0.1) is 17.3 Å². The molecule has 0 bridgehead atoms. The number of nitrogens with zero attached hydrogens (tertiary/aromatic N) is 2. The average Bonchev–Trinajstić information content (AvgIpc) is 2.96. The van der Waals surface area contributed by atoms with Gasteiger partial charge in [-0.1, -0.05) is 29.5 Å². The smallest absolute Gasteiger partial charge is 0.325 e.